The van der Waals surface area contributed by atoms with Gasteiger partial charge in [-0.3, -0.25) is 9.59 Å². The number of carbonyl (C=O) groups is 1. The Bertz CT molecular complexity index is 976. The quantitative estimate of drug-likeness (QED) is 0.805. The highest BCUT2D eigenvalue weighted by molar-refractivity contribution is 5.94. The number of aryl methyl sites for hydroxylation is 1. The Morgan fingerprint density at radius 3 is 2.67 bits per heavy atom. The molecule has 0 fully saturated rings. The fourth-order valence-corrected chi connectivity index (χ4v) is 2.62. The topological polar surface area (TPSA) is 64.0 Å². The Balaban J connectivity index is 1.93. The number of fused-ring (bicyclic) bond motifs is 1. The molecule has 1 atom stereocenters. The van der Waals surface area contributed by atoms with Crippen molar-refractivity contribution in [1.82, 2.24) is 9.78 Å². The normalized spacial score (nSPS) is 12.1. The third-order valence-electron chi connectivity index (χ3n) is 4.33. The van der Waals surface area contributed by atoms with Gasteiger partial charge in [-0.15, -0.1) is 0 Å². The molecule has 1 N–H and O–H groups in total. The van der Waals surface area contributed by atoms with Crippen molar-refractivity contribution in [3.63, 3.8) is 0 Å². The van der Waals surface area contributed by atoms with E-state index in [9.17, 15) is 9.59 Å². The van der Waals surface area contributed by atoms with E-state index in [2.05, 4.69) is 10.4 Å². The molecule has 1 amide bonds. The second-order valence-corrected chi connectivity index (χ2v) is 5.89. The van der Waals surface area contributed by atoms with Crippen molar-refractivity contribution in [2.24, 2.45) is 0 Å². The zero-order chi connectivity index (χ0) is 17.3. The molecule has 1 heterocycles. The van der Waals surface area contributed by atoms with Crippen LogP contribution in [0, 0.1) is 13.8 Å². The molecule has 0 aliphatic heterocycles. The maximum absolute atomic E-state index is 12.6. The van der Waals surface area contributed by atoms with Gasteiger partial charge in [-0.25, -0.2) is 4.68 Å². The maximum atomic E-state index is 12.6. The van der Waals surface area contributed by atoms with Crippen LogP contribution in [-0.4, -0.2) is 15.7 Å². The molecule has 24 heavy (non-hydrogen) atoms. The highest BCUT2D eigenvalue weighted by atomic mass is 16.2. The number of hydrogen-bond acceptors (Lipinski definition) is 3. The lowest BCUT2D eigenvalue weighted by Gasteiger charge is -2.16. The van der Waals surface area contributed by atoms with Gasteiger partial charge in [0.05, 0.1) is 11.6 Å². The summed E-state index contributed by atoms with van der Waals surface area (Å²) in [6.45, 7) is 5.61. The summed E-state index contributed by atoms with van der Waals surface area (Å²) >= 11 is 0. The monoisotopic (exact) mass is 321 g/mol. The molecule has 5 nitrogen and oxygen atoms in total. The molecule has 0 aliphatic rings. The van der Waals surface area contributed by atoms with E-state index in [4.69, 9.17) is 0 Å². The molecule has 3 aromatic rings. The molecule has 0 aliphatic carbocycles. The number of amides is 1. The highest BCUT2D eigenvalue weighted by Gasteiger charge is 2.19. The minimum Gasteiger partial charge on any atom is -0.324 e. The molecule has 1 aromatic heterocycles. The van der Waals surface area contributed by atoms with Crippen LogP contribution >= 0.6 is 0 Å². The first-order valence-corrected chi connectivity index (χ1v) is 7.82. The van der Waals surface area contributed by atoms with Crippen LogP contribution < -0.4 is 10.9 Å². The molecule has 0 bridgehead atoms. The molecular weight excluding hydrogens is 302 g/mol. The highest BCUT2D eigenvalue weighted by Crippen LogP contribution is 2.19. The Kier molecular flexibility index (Phi) is 4.16. The lowest BCUT2D eigenvalue weighted by Crippen LogP contribution is -2.33. The fourth-order valence-electron chi connectivity index (χ4n) is 2.62. The average Bonchev–Trinajstić information content (AvgIpc) is 2.59. The van der Waals surface area contributed by atoms with E-state index in [-0.39, 0.29) is 11.5 Å². The lowest BCUT2D eigenvalue weighted by atomic mass is 10.1. The van der Waals surface area contributed by atoms with Gasteiger partial charge in [-0.05, 0) is 44.0 Å². The largest absolute Gasteiger partial charge is 0.324 e. The van der Waals surface area contributed by atoms with Crippen LogP contribution in [0.4, 0.5) is 5.69 Å². The molecule has 0 spiro atoms. The number of nitrogens with one attached hydrogen (secondary N) is 1. The van der Waals surface area contributed by atoms with E-state index in [0.717, 1.165) is 22.2 Å². The van der Waals surface area contributed by atoms with Gasteiger partial charge >= 0.3 is 0 Å². The van der Waals surface area contributed by atoms with Crippen molar-refractivity contribution in [2.75, 3.05) is 5.32 Å². The van der Waals surface area contributed by atoms with E-state index in [0.29, 0.717) is 5.39 Å². The zero-order valence-corrected chi connectivity index (χ0v) is 13.9. The van der Waals surface area contributed by atoms with Crippen LogP contribution in [0.1, 0.15) is 24.1 Å². The van der Waals surface area contributed by atoms with E-state index < -0.39 is 6.04 Å². The van der Waals surface area contributed by atoms with Crippen LogP contribution in [-0.2, 0) is 4.79 Å². The van der Waals surface area contributed by atoms with Crippen LogP contribution in [0.15, 0.2) is 53.5 Å². The first-order valence-electron chi connectivity index (χ1n) is 7.82. The summed E-state index contributed by atoms with van der Waals surface area (Å²) in [5.74, 6) is -0.270. The second kappa shape index (κ2) is 6.28. The van der Waals surface area contributed by atoms with E-state index in [1.807, 2.05) is 44.2 Å². The summed E-state index contributed by atoms with van der Waals surface area (Å²) in [5, 5.41) is 8.36. The smallest absolute Gasteiger partial charge is 0.275 e. The molecule has 3 rings (SSSR count). The van der Waals surface area contributed by atoms with Gasteiger partial charge in [0.25, 0.3) is 5.56 Å². The Morgan fingerprint density at radius 2 is 1.88 bits per heavy atom. The van der Waals surface area contributed by atoms with Crippen molar-refractivity contribution in [1.29, 1.82) is 0 Å². The van der Waals surface area contributed by atoms with E-state index in [1.54, 1.807) is 25.3 Å². The first-order chi connectivity index (χ1) is 11.5. The van der Waals surface area contributed by atoms with Crippen molar-refractivity contribution in [2.45, 2.75) is 26.8 Å². The van der Waals surface area contributed by atoms with Gasteiger partial charge in [0.2, 0.25) is 5.91 Å². The number of anilines is 1. The minimum absolute atomic E-state index is 0.267. The molecule has 0 unspecified atom stereocenters. The first kappa shape index (κ1) is 15.9. The van der Waals surface area contributed by atoms with Crippen LogP contribution in [0.2, 0.25) is 0 Å². The third kappa shape index (κ3) is 2.80. The summed E-state index contributed by atoms with van der Waals surface area (Å²) in [4.78, 5) is 25.1. The molecular formula is C19H19N3O2. The molecule has 2 aromatic carbocycles. The van der Waals surface area contributed by atoms with Crippen molar-refractivity contribution < 1.29 is 4.79 Å². The maximum Gasteiger partial charge on any atom is 0.275 e. The Morgan fingerprint density at radius 1 is 1.12 bits per heavy atom. The van der Waals surface area contributed by atoms with Crippen LogP contribution in [0.25, 0.3) is 10.8 Å². The van der Waals surface area contributed by atoms with Crippen molar-refractivity contribution in [3.8, 4) is 0 Å². The molecule has 122 valence electrons. The predicted molar refractivity (Wildman–Crippen MR) is 95.3 cm³/mol. The number of benzene rings is 2. The van der Waals surface area contributed by atoms with Crippen molar-refractivity contribution >= 4 is 22.4 Å². The number of rotatable bonds is 3. The average molecular weight is 321 g/mol. The summed E-state index contributed by atoms with van der Waals surface area (Å²) in [6, 6.07) is 12.2. The Labute approximate surface area is 139 Å². The molecule has 0 saturated carbocycles. The second-order valence-electron chi connectivity index (χ2n) is 5.89. The lowest BCUT2D eigenvalue weighted by molar-refractivity contribution is -0.119. The number of nitrogens with zero attached hydrogens (tertiary/aromatic N) is 2. The van der Waals surface area contributed by atoms with Gasteiger partial charge in [0.1, 0.15) is 6.04 Å². The third-order valence-corrected chi connectivity index (χ3v) is 4.33. The van der Waals surface area contributed by atoms with Gasteiger partial charge in [-0.2, -0.15) is 5.10 Å². The SMILES string of the molecule is Cc1cccc(NC(=O)[C@@H](C)n2ncc3ccccc3c2=O)c1C. The molecule has 0 saturated heterocycles. The fraction of sp³-hybridized carbons (Fsp3) is 0.211. The summed E-state index contributed by atoms with van der Waals surface area (Å²) in [6.07, 6.45) is 1.61. The molecule has 5 heteroatoms. The van der Waals surface area contributed by atoms with Gasteiger partial charge in [0, 0.05) is 11.1 Å². The number of carbonyl (C=O) groups excluding carboxylic acids is 1. The van der Waals surface area contributed by atoms with E-state index in [1.165, 1.54) is 4.68 Å². The van der Waals surface area contributed by atoms with Gasteiger partial charge in [0.15, 0.2) is 0 Å². The van der Waals surface area contributed by atoms with E-state index >= 15 is 0 Å². The minimum atomic E-state index is -0.706. The van der Waals surface area contributed by atoms with Gasteiger partial charge in [-0.1, -0.05) is 30.3 Å². The van der Waals surface area contributed by atoms with Crippen molar-refractivity contribution in [3.05, 3.63) is 70.1 Å². The summed E-state index contributed by atoms with van der Waals surface area (Å²) in [5.41, 5.74) is 2.59. The molecule has 0 radical (unpaired) electrons. The summed E-state index contributed by atoms with van der Waals surface area (Å²) in [7, 11) is 0. The number of aromatic nitrogens is 2. The Hall–Kier alpha value is -2.95. The van der Waals surface area contributed by atoms with Gasteiger partial charge < -0.3 is 5.32 Å². The number of hydrogen-bond donors (Lipinski definition) is 1. The predicted octanol–water partition coefficient (Wildman–Crippen LogP) is 3.21. The zero-order valence-electron chi connectivity index (χ0n) is 13.9. The standard InChI is InChI=1S/C19H19N3O2/c1-12-7-6-10-17(13(12)2)21-18(23)14(3)22-19(24)16-9-5-4-8-15(16)11-20-22/h4-11,14H,1-3H3,(H,21,23)/t14-/m1/s1. The van der Waals surface area contributed by atoms with Crippen LogP contribution in [0.5, 0.6) is 0 Å². The summed E-state index contributed by atoms with van der Waals surface area (Å²) < 4.78 is 1.22. The van der Waals surface area contributed by atoms with Crippen LogP contribution in [0.3, 0.4) is 0 Å².